The molecule has 0 aromatic rings. The third kappa shape index (κ3) is 11.0. The fourth-order valence-corrected chi connectivity index (χ4v) is 5.47. The number of hydrogen-bond acceptors (Lipinski definition) is 4. The molecule has 138 valence electrons. The maximum absolute atomic E-state index is 11.5. The Bertz CT molecular complexity index is 291. The Morgan fingerprint density at radius 1 is 0.870 bits per heavy atom. The second kappa shape index (κ2) is 14.1. The SMILES string of the molecule is CCCCCCCCCC[Si](OCC)(OCC)OC(C)C(C)=O. The summed E-state index contributed by atoms with van der Waals surface area (Å²) in [5, 5.41) is 0. The van der Waals surface area contributed by atoms with E-state index in [-0.39, 0.29) is 5.78 Å². The van der Waals surface area contributed by atoms with Crippen LogP contribution in [0.5, 0.6) is 0 Å². The highest BCUT2D eigenvalue weighted by molar-refractivity contribution is 6.60. The van der Waals surface area contributed by atoms with Crippen molar-refractivity contribution in [3.8, 4) is 0 Å². The Morgan fingerprint density at radius 2 is 1.35 bits per heavy atom. The molecule has 0 aromatic carbocycles. The summed E-state index contributed by atoms with van der Waals surface area (Å²) in [6, 6.07) is 0.807. The van der Waals surface area contributed by atoms with Crippen molar-refractivity contribution in [2.24, 2.45) is 0 Å². The molecule has 5 heteroatoms. The van der Waals surface area contributed by atoms with Crippen LogP contribution in [0, 0.1) is 0 Å². The Labute approximate surface area is 144 Å². The van der Waals surface area contributed by atoms with E-state index in [0.29, 0.717) is 13.2 Å². The van der Waals surface area contributed by atoms with Gasteiger partial charge in [0.15, 0.2) is 5.78 Å². The number of unbranched alkanes of at least 4 members (excludes halogenated alkanes) is 7. The van der Waals surface area contributed by atoms with Gasteiger partial charge in [-0.1, -0.05) is 51.9 Å². The molecule has 23 heavy (non-hydrogen) atoms. The number of carbonyl (C=O) groups excluding carboxylic acids is 1. The van der Waals surface area contributed by atoms with E-state index in [1.165, 1.54) is 44.9 Å². The largest absolute Gasteiger partial charge is 0.501 e. The lowest BCUT2D eigenvalue weighted by atomic mass is 10.1. The molecule has 0 saturated carbocycles. The monoisotopic (exact) mass is 346 g/mol. The van der Waals surface area contributed by atoms with Crippen molar-refractivity contribution < 1.29 is 18.1 Å². The second-order valence-corrected chi connectivity index (χ2v) is 8.82. The number of hydrogen-bond donors (Lipinski definition) is 0. The molecule has 0 aliphatic rings. The lowest BCUT2D eigenvalue weighted by Crippen LogP contribution is -2.49. The summed E-state index contributed by atoms with van der Waals surface area (Å²) in [4.78, 5) is 11.5. The summed E-state index contributed by atoms with van der Waals surface area (Å²) in [6.45, 7) is 10.6. The maximum Gasteiger partial charge on any atom is 0.501 e. The van der Waals surface area contributed by atoms with Gasteiger partial charge >= 0.3 is 8.80 Å². The van der Waals surface area contributed by atoms with Gasteiger partial charge in [-0.2, -0.15) is 0 Å². The molecule has 0 radical (unpaired) electrons. The van der Waals surface area contributed by atoms with E-state index in [1.807, 2.05) is 13.8 Å². The fraction of sp³-hybridized carbons (Fsp3) is 0.944. The second-order valence-electron chi connectivity index (χ2n) is 6.14. The highest BCUT2D eigenvalue weighted by atomic mass is 28.4. The zero-order valence-corrected chi connectivity index (χ0v) is 17.0. The average molecular weight is 347 g/mol. The molecule has 1 unspecified atom stereocenters. The minimum absolute atomic E-state index is 0.0252. The van der Waals surface area contributed by atoms with Gasteiger partial charge in [-0.25, -0.2) is 0 Å². The fourth-order valence-electron chi connectivity index (χ4n) is 2.58. The standard InChI is InChI=1S/C18H38O4Si/c1-6-9-10-11-12-13-14-15-16-23(20-7-2,21-8-3)22-18(5)17(4)19/h18H,6-16H2,1-5H3. The third-order valence-corrected chi connectivity index (χ3v) is 7.13. The number of carbonyl (C=O) groups is 1. The van der Waals surface area contributed by atoms with Crippen LogP contribution in [0.2, 0.25) is 6.04 Å². The van der Waals surface area contributed by atoms with Crippen LogP contribution in [0.4, 0.5) is 0 Å². The summed E-state index contributed by atoms with van der Waals surface area (Å²) in [5.74, 6) is 0.0252. The first-order valence-corrected chi connectivity index (χ1v) is 11.4. The Morgan fingerprint density at radius 3 is 1.78 bits per heavy atom. The Kier molecular flexibility index (Phi) is 14.0. The summed E-state index contributed by atoms with van der Waals surface area (Å²) >= 11 is 0. The van der Waals surface area contributed by atoms with Crippen LogP contribution in [0.3, 0.4) is 0 Å². The lowest BCUT2D eigenvalue weighted by Gasteiger charge is -2.31. The molecular weight excluding hydrogens is 308 g/mol. The number of Topliss-reactive ketones (excluding diaryl/α,β-unsaturated/α-hetero) is 1. The van der Waals surface area contributed by atoms with Crippen molar-refractivity contribution in [1.82, 2.24) is 0 Å². The average Bonchev–Trinajstić information content (AvgIpc) is 2.50. The van der Waals surface area contributed by atoms with Crippen molar-refractivity contribution in [2.75, 3.05) is 13.2 Å². The highest BCUT2D eigenvalue weighted by Crippen LogP contribution is 2.22. The predicted molar refractivity (Wildman–Crippen MR) is 97.7 cm³/mol. The van der Waals surface area contributed by atoms with Crippen molar-refractivity contribution in [3.05, 3.63) is 0 Å². The van der Waals surface area contributed by atoms with Crippen molar-refractivity contribution in [2.45, 2.75) is 98.1 Å². The summed E-state index contributed by atoms with van der Waals surface area (Å²) in [5.41, 5.74) is 0. The van der Waals surface area contributed by atoms with E-state index < -0.39 is 14.9 Å². The quantitative estimate of drug-likeness (QED) is 0.287. The molecule has 0 bridgehead atoms. The molecule has 4 nitrogen and oxygen atoms in total. The third-order valence-electron chi connectivity index (χ3n) is 3.99. The van der Waals surface area contributed by atoms with E-state index in [2.05, 4.69) is 6.92 Å². The zero-order chi connectivity index (χ0) is 17.6. The van der Waals surface area contributed by atoms with Gasteiger partial charge in [0, 0.05) is 19.3 Å². The molecule has 0 rings (SSSR count). The number of ketones is 1. The first kappa shape index (κ1) is 22.8. The minimum atomic E-state index is -2.72. The highest BCUT2D eigenvalue weighted by Gasteiger charge is 2.42. The van der Waals surface area contributed by atoms with Crippen LogP contribution in [0.1, 0.15) is 86.0 Å². The van der Waals surface area contributed by atoms with Gasteiger partial charge in [0.05, 0.1) is 0 Å². The zero-order valence-electron chi connectivity index (χ0n) is 16.0. The van der Waals surface area contributed by atoms with Gasteiger partial charge < -0.3 is 13.3 Å². The molecule has 0 aliphatic carbocycles. The summed E-state index contributed by atoms with van der Waals surface area (Å²) in [6.07, 6.45) is 9.68. The predicted octanol–water partition coefficient (Wildman–Crippen LogP) is 5.13. The molecule has 0 N–H and O–H groups in total. The normalized spacial score (nSPS) is 13.3. The van der Waals surface area contributed by atoms with E-state index in [4.69, 9.17) is 13.3 Å². The molecular formula is C18H38O4Si. The van der Waals surface area contributed by atoms with Gasteiger partial charge in [-0.3, -0.25) is 4.79 Å². The van der Waals surface area contributed by atoms with Crippen molar-refractivity contribution in [3.63, 3.8) is 0 Å². The van der Waals surface area contributed by atoms with Crippen LogP contribution in [-0.2, 0) is 18.1 Å². The van der Waals surface area contributed by atoms with Crippen molar-refractivity contribution >= 4 is 14.6 Å². The molecule has 0 aromatic heterocycles. The van der Waals surface area contributed by atoms with Crippen LogP contribution in [0.15, 0.2) is 0 Å². The topological polar surface area (TPSA) is 44.8 Å². The van der Waals surface area contributed by atoms with Gasteiger partial charge in [0.1, 0.15) is 6.10 Å². The van der Waals surface area contributed by atoms with E-state index in [1.54, 1.807) is 13.8 Å². The van der Waals surface area contributed by atoms with Gasteiger partial charge in [-0.15, -0.1) is 0 Å². The number of rotatable bonds is 16. The van der Waals surface area contributed by atoms with E-state index in [0.717, 1.165) is 12.5 Å². The van der Waals surface area contributed by atoms with Crippen LogP contribution in [-0.4, -0.2) is 33.9 Å². The molecule has 0 heterocycles. The van der Waals surface area contributed by atoms with E-state index in [9.17, 15) is 4.79 Å². The molecule has 0 saturated heterocycles. The molecule has 0 spiro atoms. The van der Waals surface area contributed by atoms with Gasteiger partial charge in [0.25, 0.3) is 0 Å². The lowest BCUT2D eigenvalue weighted by molar-refractivity contribution is -0.125. The van der Waals surface area contributed by atoms with Gasteiger partial charge in [-0.05, 0) is 34.1 Å². The minimum Gasteiger partial charge on any atom is -0.374 e. The molecule has 0 amide bonds. The van der Waals surface area contributed by atoms with Crippen molar-refractivity contribution in [1.29, 1.82) is 0 Å². The summed E-state index contributed by atoms with van der Waals surface area (Å²) < 4.78 is 17.8. The van der Waals surface area contributed by atoms with Crippen LogP contribution < -0.4 is 0 Å². The smallest absolute Gasteiger partial charge is 0.374 e. The van der Waals surface area contributed by atoms with Crippen LogP contribution >= 0.6 is 0 Å². The maximum atomic E-state index is 11.5. The van der Waals surface area contributed by atoms with Gasteiger partial charge in [0.2, 0.25) is 0 Å². The molecule has 1 atom stereocenters. The molecule has 0 aliphatic heterocycles. The Balaban J connectivity index is 4.26. The van der Waals surface area contributed by atoms with Crippen LogP contribution in [0.25, 0.3) is 0 Å². The molecule has 0 fully saturated rings. The Hall–Kier alpha value is -0.233. The summed E-state index contributed by atoms with van der Waals surface area (Å²) in [7, 11) is -2.72. The van der Waals surface area contributed by atoms with E-state index >= 15 is 0 Å². The first-order chi connectivity index (χ1) is 11.0. The first-order valence-electron chi connectivity index (χ1n) is 9.47.